The summed E-state index contributed by atoms with van der Waals surface area (Å²) in [6, 6.07) is 18.5. The number of ketones is 2. The maximum atomic E-state index is 14.3. The number of phenols is 3. The van der Waals surface area contributed by atoms with E-state index < -0.39 is 35.6 Å². The van der Waals surface area contributed by atoms with Crippen LogP contribution < -0.4 is 23.7 Å². The van der Waals surface area contributed by atoms with Crippen LogP contribution >= 0.6 is 0 Å². The fourth-order valence-electron chi connectivity index (χ4n) is 5.80. The van der Waals surface area contributed by atoms with Gasteiger partial charge in [-0.05, 0) is 35.4 Å². The molecule has 0 saturated carbocycles. The number of ether oxygens (including phenoxy) is 5. The van der Waals surface area contributed by atoms with E-state index in [1.165, 1.54) is 57.7 Å². The second-order valence-electron chi connectivity index (χ2n) is 10.3. The highest BCUT2D eigenvalue weighted by molar-refractivity contribution is 6.09. The minimum atomic E-state index is -1.12. The molecule has 220 valence electrons. The molecule has 0 unspecified atom stereocenters. The smallest absolute Gasteiger partial charge is 0.181 e. The zero-order valence-electron chi connectivity index (χ0n) is 23.4. The molecular weight excluding hydrogens is 556 g/mol. The summed E-state index contributed by atoms with van der Waals surface area (Å²) in [5, 5.41) is 31.6. The molecule has 0 aliphatic carbocycles. The monoisotopic (exact) mass is 584 g/mol. The number of hydrogen-bond acceptors (Lipinski definition) is 10. The number of carbonyl (C=O) groups is 2. The summed E-state index contributed by atoms with van der Waals surface area (Å²) >= 11 is 0. The molecule has 4 aromatic carbocycles. The number of benzene rings is 4. The average Bonchev–Trinajstić information content (AvgIpc) is 3.00. The van der Waals surface area contributed by atoms with Crippen molar-refractivity contribution < 1.29 is 48.6 Å². The number of phenolic OH excluding ortho intramolecular Hbond substituents is 3. The Bertz CT molecular complexity index is 1710. The Balaban J connectivity index is 1.57. The third-order valence-corrected chi connectivity index (χ3v) is 7.87. The lowest BCUT2D eigenvalue weighted by atomic mass is 9.74. The molecule has 10 nitrogen and oxygen atoms in total. The van der Waals surface area contributed by atoms with E-state index in [-0.39, 0.29) is 51.4 Å². The van der Waals surface area contributed by atoms with E-state index >= 15 is 0 Å². The van der Waals surface area contributed by atoms with Gasteiger partial charge >= 0.3 is 0 Å². The van der Waals surface area contributed by atoms with Crippen LogP contribution in [0.4, 0.5) is 0 Å². The van der Waals surface area contributed by atoms with Crippen molar-refractivity contribution in [2.75, 3.05) is 21.3 Å². The molecular formula is C33H28O10. The zero-order valence-corrected chi connectivity index (χ0v) is 23.4. The Morgan fingerprint density at radius 3 is 1.35 bits per heavy atom. The van der Waals surface area contributed by atoms with E-state index in [2.05, 4.69) is 0 Å². The fourth-order valence-corrected chi connectivity index (χ4v) is 5.80. The van der Waals surface area contributed by atoms with Crippen molar-refractivity contribution in [3.63, 3.8) is 0 Å². The summed E-state index contributed by atoms with van der Waals surface area (Å²) in [5.41, 5.74) is 0.938. The second kappa shape index (κ2) is 10.8. The maximum absolute atomic E-state index is 14.3. The molecule has 0 saturated heterocycles. The number of methoxy groups -OCH3 is 3. The van der Waals surface area contributed by atoms with E-state index in [0.717, 1.165) is 0 Å². The highest BCUT2D eigenvalue weighted by Gasteiger charge is 2.52. The first kappa shape index (κ1) is 27.8. The van der Waals surface area contributed by atoms with Gasteiger partial charge in [-0.2, -0.15) is 0 Å². The first-order chi connectivity index (χ1) is 20.7. The lowest BCUT2D eigenvalue weighted by Gasteiger charge is -2.42. The highest BCUT2D eigenvalue weighted by Crippen LogP contribution is 2.50. The first-order valence-electron chi connectivity index (χ1n) is 13.4. The molecule has 43 heavy (non-hydrogen) atoms. The fraction of sp³-hybridized carbons (Fsp3) is 0.212. The number of hydrogen-bond donors (Lipinski definition) is 3. The van der Waals surface area contributed by atoms with Crippen LogP contribution in [0.15, 0.2) is 72.8 Å². The highest BCUT2D eigenvalue weighted by atomic mass is 16.5. The van der Waals surface area contributed by atoms with Gasteiger partial charge in [-0.25, -0.2) is 0 Å². The lowest BCUT2D eigenvalue weighted by molar-refractivity contribution is 0.00727. The predicted octanol–water partition coefficient (Wildman–Crippen LogP) is 4.98. The lowest BCUT2D eigenvalue weighted by Crippen LogP contribution is -2.52. The second-order valence-corrected chi connectivity index (χ2v) is 10.3. The molecule has 6 rings (SSSR count). The van der Waals surface area contributed by atoms with Gasteiger partial charge in [0.1, 0.15) is 57.1 Å². The van der Waals surface area contributed by atoms with Gasteiger partial charge in [0.25, 0.3) is 0 Å². The SMILES string of the molecule is COc1ccc([C@H]2C(=O)c3c(O)cc(OC)cc3O[C@@H]2[C@@H]2Oc3cc(OC)cc(O)c3C(=O)[C@H]2c2ccc(O)cc2)cc1. The van der Waals surface area contributed by atoms with Gasteiger partial charge in [0, 0.05) is 24.3 Å². The van der Waals surface area contributed by atoms with Crippen LogP contribution in [0.5, 0.6) is 46.0 Å². The molecule has 0 radical (unpaired) electrons. The molecule has 0 bridgehead atoms. The van der Waals surface area contributed by atoms with Gasteiger partial charge in [-0.15, -0.1) is 0 Å². The third kappa shape index (κ3) is 4.70. The zero-order chi connectivity index (χ0) is 30.4. The van der Waals surface area contributed by atoms with Crippen LogP contribution in [-0.2, 0) is 0 Å². The first-order valence-corrected chi connectivity index (χ1v) is 13.4. The number of rotatable bonds is 6. The molecule has 4 atom stereocenters. The third-order valence-electron chi connectivity index (χ3n) is 7.87. The van der Waals surface area contributed by atoms with Crippen LogP contribution in [0.25, 0.3) is 0 Å². The van der Waals surface area contributed by atoms with Gasteiger partial charge in [-0.3, -0.25) is 9.59 Å². The minimum absolute atomic E-state index is 0.00541. The van der Waals surface area contributed by atoms with Crippen LogP contribution in [0.2, 0.25) is 0 Å². The van der Waals surface area contributed by atoms with Crippen molar-refractivity contribution in [2.45, 2.75) is 24.0 Å². The van der Waals surface area contributed by atoms with Crippen molar-refractivity contribution in [1.82, 2.24) is 0 Å². The minimum Gasteiger partial charge on any atom is -0.508 e. The molecule has 3 N–H and O–H groups in total. The largest absolute Gasteiger partial charge is 0.508 e. The molecule has 0 spiro atoms. The van der Waals surface area contributed by atoms with E-state index in [1.54, 1.807) is 36.4 Å². The average molecular weight is 585 g/mol. The Morgan fingerprint density at radius 2 is 0.953 bits per heavy atom. The van der Waals surface area contributed by atoms with Crippen molar-refractivity contribution in [3.8, 4) is 46.0 Å². The molecule has 2 heterocycles. The standard InChI is InChI=1S/C33H28O10/c1-39-19-10-6-17(7-11-19)27-31(38)29-23(36)13-21(41-3)15-25(29)43-33(27)32-26(16-4-8-18(34)9-5-16)30(37)28-22(35)12-20(40-2)14-24(28)42-32/h4-15,26-27,32-36H,1-3H3/t26-,27+,32-,33+/m1/s1. The summed E-state index contributed by atoms with van der Waals surface area (Å²) in [6.07, 6.45) is -2.22. The van der Waals surface area contributed by atoms with Gasteiger partial charge in [0.05, 0.1) is 33.2 Å². The van der Waals surface area contributed by atoms with Gasteiger partial charge < -0.3 is 39.0 Å². The predicted molar refractivity (Wildman–Crippen MR) is 153 cm³/mol. The number of fused-ring (bicyclic) bond motifs is 2. The summed E-state index contributed by atoms with van der Waals surface area (Å²) in [7, 11) is 4.37. The summed E-state index contributed by atoms with van der Waals surface area (Å²) < 4.78 is 28.9. The Hall–Kier alpha value is -5.38. The van der Waals surface area contributed by atoms with Crippen LogP contribution in [-0.4, -0.2) is 60.4 Å². The summed E-state index contributed by atoms with van der Waals surface area (Å²) in [4.78, 5) is 28.5. The van der Waals surface area contributed by atoms with Crippen LogP contribution in [0.1, 0.15) is 43.7 Å². The van der Waals surface area contributed by atoms with Gasteiger partial charge in [0.15, 0.2) is 23.8 Å². The van der Waals surface area contributed by atoms with E-state index in [0.29, 0.717) is 16.9 Å². The Labute approximate surface area is 246 Å². The molecule has 0 amide bonds. The van der Waals surface area contributed by atoms with E-state index in [1.807, 2.05) is 0 Å². The van der Waals surface area contributed by atoms with Gasteiger partial charge in [-0.1, -0.05) is 24.3 Å². The van der Waals surface area contributed by atoms with E-state index in [9.17, 15) is 24.9 Å². The van der Waals surface area contributed by atoms with Crippen molar-refractivity contribution in [3.05, 3.63) is 95.1 Å². The maximum Gasteiger partial charge on any atom is 0.181 e. The van der Waals surface area contributed by atoms with Gasteiger partial charge in [0.2, 0.25) is 0 Å². The molecule has 2 aliphatic rings. The number of carbonyl (C=O) groups excluding carboxylic acids is 2. The van der Waals surface area contributed by atoms with Crippen molar-refractivity contribution in [2.24, 2.45) is 0 Å². The van der Waals surface area contributed by atoms with Crippen LogP contribution in [0.3, 0.4) is 0 Å². The molecule has 10 heteroatoms. The number of aromatic hydroxyl groups is 3. The Morgan fingerprint density at radius 1 is 0.558 bits per heavy atom. The normalized spacial score (nSPS) is 20.7. The summed E-state index contributed by atoms with van der Waals surface area (Å²) in [5.74, 6) is -2.43. The number of Topliss-reactive ketones (excluding diaryl/α,β-unsaturated/α-hetero) is 2. The van der Waals surface area contributed by atoms with Crippen molar-refractivity contribution >= 4 is 11.6 Å². The van der Waals surface area contributed by atoms with Crippen molar-refractivity contribution in [1.29, 1.82) is 0 Å². The Kier molecular flexibility index (Phi) is 6.97. The molecule has 4 aromatic rings. The summed E-state index contributed by atoms with van der Waals surface area (Å²) in [6.45, 7) is 0. The van der Waals surface area contributed by atoms with E-state index in [4.69, 9.17) is 23.7 Å². The molecule has 0 fully saturated rings. The molecule has 0 aromatic heterocycles. The molecule has 2 aliphatic heterocycles. The van der Waals surface area contributed by atoms with Crippen LogP contribution in [0, 0.1) is 0 Å². The topological polar surface area (TPSA) is 141 Å². The quantitative estimate of drug-likeness (QED) is 0.284.